The number of ketones is 1. The molecule has 4 aromatic rings. The topological polar surface area (TPSA) is 101 Å². The van der Waals surface area contributed by atoms with Gasteiger partial charge in [0.15, 0.2) is 6.10 Å². The van der Waals surface area contributed by atoms with E-state index in [0.717, 1.165) is 61.4 Å². The molecule has 1 aliphatic carbocycles. The summed E-state index contributed by atoms with van der Waals surface area (Å²) in [6.07, 6.45) is 5.38. The number of H-pyrrole nitrogens is 1. The maximum atomic E-state index is 12.9. The second-order valence-corrected chi connectivity index (χ2v) is 9.49. The molecular formula is C25H19N3O4S. The van der Waals surface area contributed by atoms with Crippen LogP contribution < -0.4 is 5.32 Å². The van der Waals surface area contributed by atoms with Crippen molar-refractivity contribution in [3.8, 4) is 10.4 Å². The van der Waals surface area contributed by atoms with E-state index in [1.165, 1.54) is 0 Å². The van der Waals surface area contributed by atoms with Crippen molar-refractivity contribution < 1.29 is 19.1 Å². The number of imide groups is 1. The maximum Gasteiger partial charge on any atom is 0.258 e. The number of Topliss-reactive ketones (excluding diaryl/α,β-unsaturated/α-hetero) is 1. The number of nitrogens with one attached hydrogen (secondary N) is 2. The molecule has 1 atom stereocenters. The van der Waals surface area contributed by atoms with Gasteiger partial charge in [0.1, 0.15) is 0 Å². The summed E-state index contributed by atoms with van der Waals surface area (Å²) < 4.78 is 5.41. The minimum Gasteiger partial charge on any atom is -0.490 e. The van der Waals surface area contributed by atoms with Gasteiger partial charge in [-0.05, 0) is 55.7 Å². The lowest BCUT2D eigenvalue weighted by molar-refractivity contribution is -0.108. The van der Waals surface area contributed by atoms with Crippen LogP contribution in [-0.2, 0) is 22.4 Å². The second-order valence-electron chi connectivity index (χ2n) is 8.28. The molecule has 164 valence electrons. The molecule has 3 heterocycles. The van der Waals surface area contributed by atoms with E-state index in [1.54, 1.807) is 23.7 Å². The molecule has 2 aromatic heterocycles. The van der Waals surface area contributed by atoms with Crippen molar-refractivity contribution in [1.82, 2.24) is 15.3 Å². The zero-order chi connectivity index (χ0) is 22.7. The number of hydrogen-bond acceptors (Lipinski definition) is 6. The Kier molecular flexibility index (Phi) is 4.45. The van der Waals surface area contributed by atoms with E-state index in [9.17, 15) is 14.4 Å². The van der Waals surface area contributed by atoms with Crippen LogP contribution in [0.5, 0.6) is 0 Å². The lowest BCUT2D eigenvalue weighted by Crippen LogP contribution is -2.23. The van der Waals surface area contributed by atoms with Crippen LogP contribution in [0.15, 0.2) is 36.6 Å². The Labute approximate surface area is 192 Å². The first-order valence-electron chi connectivity index (χ1n) is 10.7. The minimum atomic E-state index is -0.498. The van der Waals surface area contributed by atoms with Gasteiger partial charge in [0, 0.05) is 39.4 Å². The van der Waals surface area contributed by atoms with Gasteiger partial charge in [-0.2, -0.15) is 0 Å². The molecule has 1 unspecified atom stereocenters. The molecule has 8 heteroatoms. The molecule has 2 aromatic carbocycles. The van der Waals surface area contributed by atoms with Gasteiger partial charge in [0.25, 0.3) is 5.91 Å². The second kappa shape index (κ2) is 7.38. The molecule has 2 amide bonds. The smallest absolute Gasteiger partial charge is 0.258 e. The first kappa shape index (κ1) is 19.9. The standard InChI is InChI=1S/C25H19N3O4S/c1-12-27-19-7-5-14-21(24(19)33-12)17(25(31)26-11-29)10-16-15-9-13(4-6-18(15)28-22(14)16)23(30)20-3-2-8-32-20/h2,4,6,8-11,20,28H,3,5,7H2,1H3,(H,26,29,31). The molecule has 33 heavy (non-hydrogen) atoms. The summed E-state index contributed by atoms with van der Waals surface area (Å²) in [5.74, 6) is -0.521. The van der Waals surface area contributed by atoms with Gasteiger partial charge in [0.2, 0.25) is 12.2 Å². The first-order valence-corrected chi connectivity index (χ1v) is 11.5. The molecule has 2 N–H and O–H groups in total. The van der Waals surface area contributed by atoms with Gasteiger partial charge >= 0.3 is 0 Å². The van der Waals surface area contributed by atoms with Gasteiger partial charge in [-0.3, -0.25) is 19.7 Å². The fraction of sp³-hybridized carbons (Fsp3) is 0.200. The Morgan fingerprint density at radius 3 is 2.91 bits per heavy atom. The molecule has 0 saturated heterocycles. The molecule has 0 spiro atoms. The van der Waals surface area contributed by atoms with Crippen molar-refractivity contribution in [2.45, 2.75) is 32.3 Å². The highest BCUT2D eigenvalue weighted by molar-refractivity contribution is 7.15. The predicted molar refractivity (Wildman–Crippen MR) is 126 cm³/mol. The third-order valence-corrected chi connectivity index (χ3v) is 7.37. The highest BCUT2D eigenvalue weighted by Gasteiger charge is 2.29. The summed E-state index contributed by atoms with van der Waals surface area (Å²) in [7, 11) is 0. The van der Waals surface area contributed by atoms with Crippen LogP contribution in [0, 0.1) is 6.92 Å². The number of aromatic amines is 1. The number of carbonyl (C=O) groups is 3. The van der Waals surface area contributed by atoms with Crippen LogP contribution in [0.1, 0.15) is 43.4 Å². The summed E-state index contributed by atoms with van der Waals surface area (Å²) in [4.78, 5) is 46.0. The predicted octanol–water partition coefficient (Wildman–Crippen LogP) is 4.22. The quantitative estimate of drug-likeness (QED) is 0.353. The van der Waals surface area contributed by atoms with Crippen molar-refractivity contribution in [1.29, 1.82) is 0 Å². The normalized spacial score (nSPS) is 16.5. The summed E-state index contributed by atoms with van der Waals surface area (Å²) >= 11 is 1.56. The molecule has 6 rings (SSSR count). The Hall–Kier alpha value is -3.78. The SMILES string of the molecule is Cc1nc2c(s1)-c1c(C(=O)NC=O)cc3c([nH]c4ccc(C(=O)C5CC=CO5)cc43)c1CC2. The number of rotatable bonds is 4. The molecule has 7 nitrogen and oxygen atoms in total. The average Bonchev–Trinajstić information content (AvgIpc) is 3.55. The van der Waals surface area contributed by atoms with Gasteiger partial charge in [-0.25, -0.2) is 4.98 Å². The van der Waals surface area contributed by atoms with Crippen molar-refractivity contribution in [2.75, 3.05) is 0 Å². The largest absolute Gasteiger partial charge is 0.490 e. The van der Waals surface area contributed by atoms with Gasteiger partial charge in [-0.1, -0.05) is 0 Å². The number of hydrogen-bond donors (Lipinski definition) is 2. The van der Waals surface area contributed by atoms with Crippen LogP contribution in [0.25, 0.3) is 32.2 Å². The fourth-order valence-electron chi connectivity index (χ4n) is 4.90. The summed E-state index contributed by atoms with van der Waals surface area (Å²) in [5, 5.41) is 4.95. The number of aryl methyl sites for hydroxylation is 3. The summed E-state index contributed by atoms with van der Waals surface area (Å²) in [6, 6.07) is 7.38. The minimum absolute atomic E-state index is 0.0714. The van der Waals surface area contributed by atoms with E-state index < -0.39 is 12.0 Å². The number of nitrogens with zero attached hydrogens (tertiary/aromatic N) is 1. The number of aromatic nitrogens is 2. The fourth-order valence-corrected chi connectivity index (χ4v) is 5.95. The summed E-state index contributed by atoms with van der Waals surface area (Å²) in [5.41, 5.74) is 5.69. The van der Waals surface area contributed by atoms with E-state index in [4.69, 9.17) is 4.74 Å². The van der Waals surface area contributed by atoms with Crippen molar-refractivity contribution >= 4 is 51.2 Å². The highest BCUT2D eigenvalue weighted by atomic mass is 32.1. The Morgan fingerprint density at radius 1 is 1.24 bits per heavy atom. The van der Waals surface area contributed by atoms with E-state index >= 15 is 0 Å². The average molecular weight is 458 g/mol. The number of fused-ring (bicyclic) bond motifs is 7. The van der Waals surface area contributed by atoms with Crippen molar-refractivity contribution in [2.24, 2.45) is 0 Å². The van der Waals surface area contributed by atoms with Crippen LogP contribution in [0.2, 0.25) is 0 Å². The maximum absolute atomic E-state index is 12.9. The molecule has 0 fully saturated rings. The van der Waals surface area contributed by atoms with Crippen molar-refractivity contribution in [3.05, 3.63) is 64.0 Å². The van der Waals surface area contributed by atoms with Crippen molar-refractivity contribution in [3.63, 3.8) is 0 Å². The number of carbonyl (C=O) groups excluding carboxylic acids is 3. The Balaban J connectivity index is 1.60. The van der Waals surface area contributed by atoms with Crippen LogP contribution in [0.3, 0.4) is 0 Å². The Bertz CT molecular complexity index is 1520. The third kappa shape index (κ3) is 3.01. The van der Waals surface area contributed by atoms with E-state index in [2.05, 4.69) is 15.3 Å². The van der Waals surface area contributed by atoms with Crippen LogP contribution >= 0.6 is 11.3 Å². The molecule has 0 radical (unpaired) electrons. The highest BCUT2D eigenvalue weighted by Crippen LogP contribution is 2.44. The van der Waals surface area contributed by atoms with E-state index in [0.29, 0.717) is 24.0 Å². The zero-order valence-electron chi connectivity index (χ0n) is 17.7. The number of thiazole rings is 1. The first-order chi connectivity index (χ1) is 16.0. The van der Waals surface area contributed by atoms with Crippen LogP contribution in [0.4, 0.5) is 0 Å². The number of ether oxygens (including phenoxy) is 1. The summed E-state index contributed by atoms with van der Waals surface area (Å²) in [6.45, 7) is 1.96. The number of amides is 2. The van der Waals surface area contributed by atoms with E-state index in [-0.39, 0.29) is 5.78 Å². The molecular weight excluding hydrogens is 438 g/mol. The lowest BCUT2D eigenvalue weighted by atomic mass is 9.87. The molecule has 0 saturated carbocycles. The lowest BCUT2D eigenvalue weighted by Gasteiger charge is -2.19. The van der Waals surface area contributed by atoms with Gasteiger partial charge in [0.05, 0.1) is 27.4 Å². The zero-order valence-corrected chi connectivity index (χ0v) is 18.5. The number of benzene rings is 2. The molecule has 1 aliphatic heterocycles. The third-order valence-electron chi connectivity index (χ3n) is 6.34. The molecule has 0 bridgehead atoms. The van der Waals surface area contributed by atoms with Gasteiger partial charge < -0.3 is 9.72 Å². The van der Waals surface area contributed by atoms with E-state index in [1.807, 2.05) is 31.2 Å². The molecule has 2 aliphatic rings. The van der Waals surface area contributed by atoms with Crippen LogP contribution in [-0.4, -0.2) is 34.2 Å². The Morgan fingerprint density at radius 2 is 2.12 bits per heavy atom. The monoisotopic (exact) mass is 457 g/mol. The van der Waals surface area contributed by atoms with Gasteiger partial charge in [-0.15, -0.1) is 11.3 Å².